The number of thiophene rings is 1. The minimum atomic E-state index is -1.14. The molecule has 2 aromatic rings. The summed E-state index contributed by atoms with van der Waals surface area (Å²) < 4.78 is 6.30. The van der Waals surface area contributed by atoms with E-state index in [-0.39, 0.29) is 21.8 Å². The highest BCUT2D eigenvalue weighted by atomic mass is 32.1. The van der Waals surface area contributed by atoms with Gasteiger partial charge in [-0.15, -0.1) is 11.3 Å². The smallest absolute Gasteiger partial charge is 0.359 e. The van der Waals surface area contributed by atoms with E-state index in [4.69, 9.17) is 10.5 Å². The van der Waals surface area contributed by atoms with Crippen molar-refractivity contribution >= 4 is 34.1 Å². The summed E-state index contributed by atoms with van der Waals surface area (Å²) >= 11 is 1.13. The summed E-state index contributed by atoms with van der Waals surface area (Å²) in [7, 11) is 0. The van der Waals surface area contributed by atoms with Gasteiger partial charge >= 0.3 is 5.97 Å². The van der Waals surface area contributed by atoms with Crippen LogP contribution in [0.2, 0.25) is 0 Å². The number of nitrogens with one attached hydrogen (secondary N) is 1. The molecule has 0 aliphatic rings. The lowest BCUT2D eigenvalue weighted by atomic mass is 10.3. The van der Waals surface area contributed by atoms with Crippen LogP contribution in [0.3, 0.4) is 0 Å². The van der Waals surface area contributed by atoms with Crippen molar-refractivity contribution in [1.82, 2.24) is 9.78 Å². The Bertz CT molecular complexity index is 905. The number of primary amides is 1. The van der Waals surface area contributed by atoms with Gasteiger partial charge in [0.15, 0.2) is 11.8 Å². The molecule has 2 amide bonds. The van der Waals surface area contributed by atoms with Gasteiger partial charge in [0, 0.05) is 12.6 Å². The van der Waals surface area contributed by atoms with Crippen LogP contribution in [0.1, 0.15) is 47.5 Å². The summed E-state index contributed by atoms with van der Waals surface area (Å²) in [5.41, 5.74) is 5.01. The van der Waals surface area contributed by atoms with Gasteiger partial charge in [-0.3, -0.25) is 14.4 Å². The van der Waals surface area contributed by atoms with Gasteiger partial charge in [-0.1, -0.05) is 13.3 Å². The maximum atomic E-state index is 12.2. The number of ether oxygens (including phenoxy) is 1. The number of hydrogen-bond acceptors (Lipinski definition) is 7. The molecule has 1 atom stereocenters. The van der Waals surface area contributed by atoms with Gasteiger partial charge in [-0.05, 0) is 30.9 Å². The van der Waals surface area contributed by atoms with Crippen molar-refractivity contribution in [3.63, 3.8) is 0 Å². The Hall–Kier alpha value is -3.01. The molecule has 0 aliphatic heterocycles. The molecule has 0 spiro atoms. The highest BCUT2D eigenvalue weighted by Gasteiger charge is 2.22. The third-order valence-electron chi connectivity index (χ3n) is 3.62. The Morgan fingerprint density at radius 2 is 2.07 bits per heavy atom. The third kappa shape index (κ3) is 5.23. The number of nitrogens with zero attached hydrogens (tertiary/aromatic N) is 2. The normalized spacial score (nSPS) is 11.6. The monoisotopic (exact) mass is 392 g/mol. The van der Waals surface area contributed by atoms with Crippen LogP contribution < -0.4 is 16.6 Å². The number of carbonyl (C=O) groups excluding carboxylic acids is 3. The third-order valence-corrected chi connectivity index (χ3v) is 4.45. The predicted octanol–water partition coefficient (Wildman–Crippen LogP) is 1.39. The molecule has 2 aromatic heterocycles. The Labute approximate surface area is 159 Å². The zero-order valence-electron chi connectivity index (χ0n) is 14.9. The van der Waals surface area contributed by atoms with Crippen molar-refractivity contribution in [2.75, 3.05) is 5.32 Å². The summed E-state index contributed by atoms with van der Waals surface area (Å²) in [5, 5.41) is 8.36. The van der Waals surface area contributed by atoms with Gasteiger partial charge in [0.05, 0.1) is 5.56 Å². The van der Waals surface area contributed by atoms with Crippen LogP contribution in [0.15, 0.2) is 28.4 Å². The first-order chi connectivity index (χ1) is 12.8. The van der Waals surface area contributed by atoms with Gasteiger partial charge in [0.2, 0.25) is 0 Å². The molecule has 144 valence electrons. The molecule has 0 bridgehead atoms. The molecular weight excluding hydrogens is 372 g/mol. The van der Waals surface area contributed by atoms with Gasteiger partial charge < -0.3 is 15.8 Å². The number of anilines is 1. The quantitative estimate of drug-likeness (QED) is 0.652. The number of aromatic nitrogens is 2. The Kier molecular flexibility index (Phi) is 6.83. The average Bonchev–Trinajstić information content (AvgIpc) is 3.09. The van der Waals surface area contributed by atoms with Crippen LogP contribution >= 0.6 is 11.3 Å². The summed E-state index contributed by atoms with van der Waals surface area (Å²) in [4.78, 5) is 47.5. The van der Waals surface area contributed by atoms with Crippen LogP contribution in [-0.2, 0) is 16.1 Å². The van der Waals surface area contributed by atoms with Gasteiger partial charge in [-0.25, -0.2) is 9.48 Å². The molecule has 2 heterocycles. The molecule has 27 heavy (non-hydrogen) atoms. The fourth-order valence-electron chi connectivity index (χ4n) is 2.11. The molecule has 10 heteroatoms. The lowest BCUT2D eigenvalue weighted by Gasteiger charge is -2.13. The number of esters is 1. The first-order valence-electron chi connectivity index (χ1n) is 8.30. The minimum absolute atomic E-state index is 0.0701. The number of unbranched alkanes of at least 4 members (excludes halogenated alkanes) is 1. The first-order valence-corrected chi connectivity index (χ1v) is 9.18. The van der Waals surface area contributed by atoms with Gasteiger partial charge in [-0.2, -0.15) is 5.10 Å². The van der Waals surface area contributed by atoms with Crippen molar-refractivity contribution in [3.05, 3.63) is 45.2 Å². The predicted molar refractivity (Wildman–Crippen MR) is 99.7 cm³/mol. The maximum absolute atomic E-state index is 12.2. The minimum Gasteiger partial charge on any atom is -0.448 e. The summed E-state index contributed by atoms with van der Waals surface area (Å²) in [6.45, 7) is 3.75. The summed E-state index contributed by atoms with van der Waals surface area (Å²) in [5.74, 6) is -2.12. The molecule has 0 saturated heterocycles. The van der Waals surface area contributed by atoms with Crippen LogP contribution in [0.4, 0.5) is 5.00 Å². The molecule has 0 aliphatic carbocycles. The number of nitrogens with two attached hydrogens (primary N) is 1. The Balaban J connectivity index is 2.04. The van der Waals surface area contributed by atoms with Crippen LogP contribution in [0.25, 0.3) is 0 Å². The number of amides is 2. The molecule has 9 nitrogen and oxygen atoms in total. The number of rotatable bonds is 8. The second kappa shape index (κ2) is 9.08. The van der Waals surface area contributed by atoms with E-state index < -0.39 is 23.9 Å². The van der Waals surface area contributed by atoms with E-state index in [1.165, 1.54) is 29.8 Å². The zero-order chi connectivity index (χ0) is 20.0. The summed E-state index contributed by atoms with van der Waals surface area (Å²) in [6.07, 6.45) is 0.474. The van der Waals surface area contributed by atoms with Crippen molar-refractivity contribution in [1.29, 1.82) is 0 Å². The number of aryl methyl sites for hydroxylation is 1. The van der Waals surface area contributed by atoms with Gasteiger partial charge in [0.25, 0.3) is 17.4 Å². The fraction of sp³-hybridized carbons (Fsp3) is 0.353. The highest BCUT2D eigenvalue weighted by Crippen LogP contribution is 2.23. The van der Waals surface area contributed by atoms with Crippen LogP contribution in [-0.4, -0.2) is 33.7 Å². The molecule has 0 aromatic carbocycles. The van der Waals surface area contributed by atoms with Crippen LogP contribution in [0, 0.1) is 0 Å². The maximum Gasteiger partial charge on any atom is 0.359 e. The van der Waals surface area contributed by atoms with Crippen molar-refractivity contribution < 1.29 is 19.1 Å². The second-order valence-electron chi connectivity index (χ2n) is 5.70. The Morgan fingerprint density at radius 1 is 1.33 bits per heavy atom. The first kappa shape index (κ1) is 20.3. The fourth-order valence-corrected chi connectivity index (χ4v) is 2.91. The molecule has 2 rings (SSSR count). The van der Waals surface area contributed by atoms with E-state index in [1.54, 1.807) is 5.38 Å². The standard InChI is InChI=1S/C17H20N4O5S/c1-3-4-8-21-13(22)6-5-12(20-21)17(25)26-10(2)15(24)19-16-11(14(18)23)7-9-27-16/h5-7,9-10H,3-4,8H2,1-2H3,(H2,18,23)(H,19,24)/t10-/m1/s1. The van der Waals surface area contributed by atoms with Crippen molar-refractivity contribution in [3.8, 4) is 0 Å². The Morgan fingerprint density at radius 3 is 2.74 bits per heavy atom. The van der Waals surface area contributed by atoms with E-state index in [2.05, 4.69) is 10.4 Å². The van der Waals surface area contributed by atoms with E-state index in [0.29, 0.717) is 6.54 Å². The highest BCUT2D eigenvalue weighted by molar-refractivity contribution is 7.14. The molecule has 3 N–H and O–H groups in total. The molecule has 0 unspecified atom stereocenters. The van der Waals surface area contributed by atoms with Crippen molar-refractivity contribution in [2.45, 2.75) is 39.3 Å². The van der Waals surface area contributed by atoms with E-state index in [9.17, 15) is 19.2 Å². The lowest BCUT2D eigenvalue weighted by molar-refractivity contribution is -0.123. The number of carbonyl (C=O) groups is 3. The second-order valence-corrected chi connectivity index (χ2v) is 6.61. The molecular formula is C17H20N4O5S. The van der Waals surface area contributed by atoms with Crippen molar-refractivity contribution in [2.24, 2.45) is 5.73 Å². The van der Waals surface area contributed by atoms with E-state index >= 15 is 0 Å². The average molecular weight is 392 g/mol. The largest absolute Gasteiger partial charge is 0.448 e. The zero-order valence-corrected chi connectivity index (χ0v) is 15.7. The topological polar surface area (TPSA) is 133 Å². The van der Waals surface area contributed by atoms with Gasteiger partial charge in [0.1, 0.15) is 5.00 Å². The number of hydrogen-bond donors (Lipinski definition) is 2. The SMILES string of the molecule is CCCCn1nc(C(=O)O[C@H](C)C(=O)Nc2sccc2C(N)=O)ccc1=O. The molecule has 0 radical (unpaired) electrons. The van der Waals surface area contributed by atoms with Crippen LogP contribution in [0.5, 0.6) is 0 Å². The summed E-state index contributed by atoms with van der Waals surface area (Å²) in [6, 6.07) is 3.97. The van der Waals surface area contributed by atoms with E-state index in [1.807, 2.05) is 6.92 Å². The lowest BCUT2D eigenvalue weighted by Crippen LogP contribution is -2.31. The van der Waals surface area contributed by atoms with E-state index in [0.717, 1.165) is 24.2 Å². The molecule has 0 fully saturated rings. The molecule has 0 saturated carbocycles.